The predicted octanol–water partition coefficient (Wildman–Crippen LogP) is 1.97. The lowest BCUT2D eigenvalue weighted by Gasteiger charge is -2.27. The van der Waals surface area contributed by atoms with Crippen molar-refractivity contribution in [2.24, 2.45) is 5.41 Å². The number of rotatable bonds is 7. The first-order valence-corrected chi connectivity index (χ1v) is 7.97. The lowest BCUT2D eigenvalue weighted by molar-refractivity contribution is 0.341. The van der Waals surface area contributed by atoms with Gasteiger partial charge in [0.05, 0.1) is 0 Å². The summed E-state index contributed by atoms with van der Waals surface area (Å²) in [6, 6.07) is -0.0308. The number of hydrogen-bond donors (Lipinski definition) is 1. The Bertz CT molecular complexity index is 302. The van der Waals surface area contributed by atoms with E-state index < -0.39 is 10.2 Å². The van der Waals surface area contributed by atoms with Gasteiger partial charge in [-0.05, 0) is 25.7 Å². The maximum atomic E-state index is 11.8. The predicted molar refractivity (Wildman–Crippen MR) is 72.0 cm³/mol. The van der Waals surface area contributed by atoms with E-state index in [1.165, 1.54) is 4.31 Å². The lowest BCUT2D eigenvalue weighted by atomic mass is 9.91. The molecule has 0 fully saturated rings. The van der Waals surface area contributed by atoms with Gasteiger partial charge in [0.25, 0.3) is 10.2 Å². The van der Waals surface area contributed by atoms with Gasteiger partial charge in [0, 0.05) is 25.0 Å². The Morgan fingerprint density at radius 2 is 1.88 bits per heavy atom. The average Bonchev–Trinajstić information content (AvgIpc) is 2.14. The Hall–Kier alpha value is 0.350. The maximum Gasteiger partial charge on any atom is 0.279 e. The summed E-state index contributed by atoms with van der Waals surface area (Å²) in [5, 5.41) is 0.877. The van der Waals surface area contributed by atoms with E-state index in [1.807, 2.05) is 27.7 Å². The van der Waals surface area contributed by atoms with Crippen LogP contribution in [0, 0.1) is 5.41 Å². The SMILES string of the molecule is CC(C)N(C)S(=O)(=O)NCC(C)(C)CCBr. The summed E-state index contributed by atoms with van der Waals surface area (Å²) in [4.78, 5) is 0. The van der Waals surface area contributed by atoms with Gasteiger partial charge in [-0.2, -0.15) is 12.7 Å². The number of alkyl halides is 1. The summed E-state index contributed by atoms with van der Waals surface area (Å²) in [6.45, 7) is 8.25. The fourth-order valence-corrected chi connectivity index (χ4v) is 3.42. The van der Waals surface area contributed by atoms with Gasteiger partial charge in [0.15, 0.2) is 0 Å². The van der Waals surface area contributed by atoms with Crippen molar-refractivity contribution in [2.45, 2.75) is 40.2 Å². The molecule has 6 heteroatoms. The van der Waals surface area contributed by atoms with Crippen LogP contribution in [-0.2, 0) is 10.2 Å². The Morgan fingerprint density at radius 1 is 1.38 bits per heavy atom. The molecule has 0 rings (SSSR count). The number of hydrogen-bond acceptors (Lipinski definition) is 2. The first-order chi connectivity index (χ1) is 7.12. The zero-order chi connectivity index (χ0) is 13.0. The third-order valence-electron chi connectivity index (χ3n) is 2.61. The minimum Gasteiger partial charge on any atom is -0.202 e. The van der Waals surface area contributed by atoms with Crippen molar-refractivity contribution in [1.29, 1.82) is 0 Å². The fraction of sp³-hybridized carbons (Fsp3) is 1.00. The van der Waals surface area contributed by atoms with Gasteiger partial charge >= 0.3 is 0 Å². The normalized spacial score (nSPS) is 13.8. The fourth-order valence-electron chi connectivity index (χ4n) is 1.01. The second kappa shape index (κ2) is 6.33. The monoisotopic (exact) mass is 314 g/mol. The Morgan fingerprint density at radius 3 is 2.25 bits per heavy atom. The highest BCUT2D eigenvalue weighted by molar-refractivity contribution is 9.09. The van der Waals surface area contributed by atoms with Gasteiger partial charge in [0.1, 0.15) is 0 Å². The van der Waals surface area contributed by atoms with Crippen molar-refractivity contribution < 1.29 is 8.42 Å². The summed E-state index contributed by atoms with van der Waals surface area (Å²) in [5.74, 6) is 0. The van der Waals surface area contributed by atoms with Gasteiger partial charge in [-0.15, -0.1) is 0 Å². The summed E-state index contributed by atoms with van der Waals surface area (Å²) in [5.41, 5.74) is -0.0333. The molecule has 1 N–H and O–H groups in total. The average molecular weight is 315 g/mol. The molecule has 4 nitrogen and oxygen atoms in total. The quantitative estimate of drug-likeness (QED) is 0.730. The van der Waals surface area contributed by atoms with Crippen LogP contribution in [0.2, 0.25) is 0 Å². The first kappa shape index (κ1) is 16.4. The van der Waals surface area contributed by atoms with Crippen LogP contribution >= 0.6 is 15.9 Å². The number of nitrogens with zero attached hydrogens (tertiary/aromatic N) is 1. The molecule has 0 atom stereocenters. The minimum atomic E-state index is -3.34. The van der Waals surface area contributed by atoms with E-state index >= 15 is 0 Å². The van der Waals surface area contributed by atoms with E-state index in [1.54, 1.807) is 7.05 Å². The summed E-state index contributed by atoms with van der Waals surface area (Å²) < 4.78 is 27.6. The highest BCUT2D eigenvalue weighted by Crippen LogP contribution is 2.20. The zero-order valence-electron chi connectivity index (χ0n) is 10.7. The highest BCUT2D eigenvalue weighted by Gasteiger charge is 2.24. The van der Waals surface area contributed by atoms with Crippen molar-refractivity contribution in [3.8, 4) is 0 Å². The lowest BCUT2D eigenvalue weighted by Crippen LogP contribution is -2.45. The molecule has 0 amide bonds. The highest BCUT2D eigenvalue weighted by atomic mass is 79.9. The van der Waals surface area contributed by atoms with Crippen molar-refractivity contribution in [2.75, 3.05) is 18.9 Å². The summed E-state index contributed by atoms with van der Waals surface area (Å²) in [7, 11) is -1.76. The van der Waals surface area contributed by atoms with Crippen LogP contribution in [0.5, 0.6) is 0 Å². The zero-order valence-corrected chi connectivity index (χ0v) is 13.2. The van der Waals surface area contributed by atoms with Gasteiger partial charge in [-0.3, -0.25) is 0 Å². The Labute approximate surface area is 108 Å². The smallest absolute Gasteiger partial charge is 0.202 e. The van der Waals surface area contributed by atoms with E-state index in [0.29, 0.717) is 6.54 Å². The van der Waals surface area contributed by atoms with Crippen LogP contribution in [0.15, 0.2) is 0 Å². The molecular formula is C10H23BrN2O2S. The number of halogens is 1. The van der Waals surface area contributed by atoms with Crippen molar-refractivity contribution in [3.63, 3.8) is 0 Å². The van der Waals surface area contributed by atoms with Crippen LogP contribution in [-0.4, -0.2) is 37.7 Å². The van der Waals surface area contributed by atoms with E-state index in [0.717, 1.165) is 11.8 Å². The second-order valence-corrected chi connectivity index (χ2v) is 7.65. The molecule has 0 heterocycles. The standard InChI is InChI=1S/C10H23BrN2O2S/c1-9(2)13(5)16(14,15)12-8-10(3,4)6-7-11/h9,12H,6-8H2,1-5H3. The van der Waals surface area contributed by atoms with Crippen LogP contribution in [0.4, 0.5) is 0 Å². The molecule has 0 saturated carbocycles. The van der Waals surface area contributed by atoms with Crippen LogP contribution < -0.4 is 4.72 Å². The maximum absolute atomic E-state index is 11.8. The third-order valence-corrected chi connectivity index (χ3v) is 4.70. The molecule has 0 spiro atoms. The van der Waals surface area contributed by atoms with E-state index in [9.17, 15) is 8.42 Å². The van der Waals surface area contributed by atoms with Crippen LogP contribution in [0.3, 0.4) is 0 Å². The minimum absolute atomic E-state index is 0.0308. The van der Waals surface area contributed by atoms with Gasteiger partial charge in [0.2, 0.25) is 0 Å². The number of nitrogens with one attached hydrogen (secondary N) is 1. The first-order valence-electron chi connectivity index (χ1n) is 5.41. The molecule has 98 valence electrons. The summed E-state index contributed by atoms with van der Waals surface area (Å²) in [6.07, 6.45) is 0.931. The molecule has 0 aromatic heterocycles. The van der Waals surface area contributed by atoms with E-state index in [-0.39, 0.29) is 11.5 Å². The largest absolute Gasteiger partial charge is 0.279 e. The molecule has 0 radical (unpaired) electrons. The van der Waals surface area contributed by atoms with E-state index in [2.05, 4.69) is 20.7 Å². The van der Waals surface area contributed by atoms with Crippen molar-refractivity contribution in [1.82, 2.24) is 9.03 Å². The van der Waals surface area contributed by atoms with Gasteiger partial charge in [-0.25, -0.2) is 4.72 Å². The second-order valence-electron chi connectivity index (χ2n) is 5.04. The molecule has 0 aromatic carbocycles. The topological polar surface area (TPSA) is 49.4 Å². The third kappa shape index (κ3) is 5.61. The Kier molecular flexibility index (Phi) is 6.47. The van der Waals surface area contributed by atoms with Crippen LogP contribution in [0.1, 0.15) is 34.1 Å². The van der Waals surface area contributed by atoms with Crippen molar-refractivity contribution >= 4 is 26.1 Å². The molecule has 16 heavy (non-hydrogen) atoms. The molecule has 0 saturated heterocycles. The summed E-state index contributed by atoms with van der Waals surface area (Å²) >= 11 is 3.37. The molecule has 0 unspecified atom stereocenters. The molecule has 0 aliphatic heterocycles. The molecule has 0 aromatic rings. The van der Waals surface area contributed by atoms with Gasteiger partial charge < -0.3 is 0 Å². The van der Waals surface area contributed by atoms with Crippen LogP contribution in [0.25, 0.3) is 0 Å². The van der Waals surface area contributed by atoms with Gasteiger partial charge in [-0.1, -0.05) is 29.8 Å². The molecular weight excluding hydrogens is 292 g/mol. The molecule has 0 aliphatic rings. The van der Waals surface area contributed by atoms with E-state index in [4.69, 9.17) is 0 Å². The Balaban J connectivity index is 4.40. The molecule has 0 bridgehead atoms. The molecule has 0 aliphatic carbocycles. The van der Waals surface area contributed by atoms with Crippen molar-refractivity contribution in [3.05, 3.63) is 0 Å².